The molecule has 0 rings (SSSR count). The third-order valence-electron chi connectivity index (χ3n) is 1.32. The normalized spacial score (nSPS) is 12.7. The first-order valence-corrected chi connectivity index (χ1v) is 4.56. The number of carbonyl (C=O) groups is 1. The van der Waals surface area contributed by atoms with Gasteiger partial charge < -0.3 is 0 Å². The van der Waals surface area contributed by atoms with Crippen molar-refractivity contribution in [1.29, 1.82) is 0 Å². The molecule has 0 fully saturated rings. The van der Waals surface area contributed by atoms with Gasteiger partial charge in [0, 0.05) is 0 Å². The third-order valence-corrected chi connectivity index (χ3v) is 1.84. The van der Waals surface area contributed by atoms with Gasteiger partial charge >= 0.3 is 75.6 Å². The second-order valence-electron chi connectivity index (χ2n) is 2.32. The monoisotopic (exact) mass is 201 g/mol. The van der Waals surface area contributed by atoms with E-state index in [1.54, 1.807) is 6.92 Å². The van der Waals surface area contributed by atoms with E-state index in [4.69, 9.17) is 4.74 Å². The Bertz CT molecular complexity index is 115. The first-order chi connectivity index (χ1) is 5.22. The fourth-order valence-corrected chi connectivity index (χ4v) is 1.00. The van der Waals surface area contributed by atoms with E-state index in [0.717, 1.165) is 19.3 Å². The molecular weight excluding hydrogens is 187 g/mol. The quantitative estimate of drug-likeness (QED) is 0.503. The SMILES string of the molecule is CCCC[CH]([Ni])C(=O)OCC. The van der Waals surface area contributed by atoms with E-state index >= 15 is 0 Å². The summed E-state index contributed by atoms with van der Waals surface area (Å²) in [5.41, 5.74) is 0. The van der Waals surface area contributed by atoms with Crippen LogP contribution < -0.4 is 0 Å². The van der Waals surface area contributed by atoms with Crippen molar-refractivity contribution in [3.05, 3.63) is 0 Å². The van der Waals surface area contributed by atoms with Crippen LogP contribution in [-0.4, -0.2) is 12.6 Å². The average molecular weight is 202 g/mol. The molecule has 0 aliphatic carbocycles. The number of rotatable bonds is 5. The first-order valence-electron chi connectivity index (χ1n) is 3.99. The van der Waals surface area contributed by atoms with Gasteiger partial charge in [-0.15, -0.1) is 0 Å². The van der Waals surface area contributed by atoms with Crippen LogP contribution in [0.5, 0.6) is 0 Å². The van der Waals surface area contributed by atoms with E-state index in [1.807, 2.05) is 0 Å². The van der Waals surface area contributed by atoms with Crippen LogP contribution in [0.2, 0.25) is 4.89 Å². The summed E-state index contributed by atoms with van der Waals surface area (Å²) in [6, 6.07) is 0. The van der Waals surface area contributed by atoms with E-state index in [2.05, 4.69) is 22.4 Å². The summed E-state index contributed by atoms with van der Waals surface area (Å²) in [7, 11) is 0. The zero-order valence-electron chi connectivity index (χ0n) is 7.04. The fourth-order valence-electron chi connectivity index (χ4n) is 0.716. The molecule has 0 amide bonds. The summed E-state index contributed by atoms with van der Waals surface area (Å²) in [6.45, 7) is 4.31. The average Bonchev–Trinajstić information content (AvgIpc) is 2.00. The number of hydrogen-bond acceptors (Lipinski definition) is 2. The Balaban J connectivity index is 3.46. The minimum atomic E-state index is -0.296. The minimum absolute atomic E-state index is 0.221. The molecule has 0 spiro atoms. The molecule has 0 bridgehead atoms. The molecule has 0 aromatic rings. The van der Waals surface area contributed by atoms with Gasteiger partial charge in [-0.25, -0.2) is 0 Å². The molecule has 0 heterocycles. The van der Waals surface area contributed by atoms with Crippen LogP contribution in [0.1, 0.15) is 33.1 Å². The Morgan fingerprint density at radius 3 is 2.64 bits per heavy atom. The number of esters is 1. The molecule has 0 aliphatic rings. The summed E-state index contributed by atoms with van der Waals surface area (Å²) in [6.07, 6.45) is 2.89. The number of unbranched alkanes of at least 4 members (excludes halogenated alkanes) is 1. The fraction of sp³-hybridized carbons (Fsp3) is 0.875. The Morgan fingerprint density at radius 1 is 1.55 bits per heavy atom. The van der Waals surface area contributed by atoms with Crippen LogP contribution in [0.25, 0.3) is 0 Å². The Hall–Kier alpha value is -0.0365. The maximum absolute atomic E-state index is 10.9. The molecule has 3 heteroatoms. The molecule has 0 aromatic heterocycles. The van der Waals surface area contributed by atoms with Crippen molar-refractivity contribution < 1.29 is 25.0 Å². The molecular formula is C8H15NiO2. The molecule has 2 nitrogen and oxygen atoms in total. The van der Waals surface area contributed by atoms with Gasteiger partial charge in [0.25, 0.3) is 0 Å². The van der Waals surface area contributed by atoms with E-state index in [1.165, 1.54) is 0 Å². The molecule has 1 atom stereocenters. The van der Waals surface area contributed by atoms with Crippen molar-refractivity contribution in [3.63, 3.8) is 0 Å². The molecule has 0 N–H and O–H groups in total. The van der Waals surface area contributed by atoms with Crippen LogP contribution in [0.15, 0.2) is 0 Å². The molecule has 69 valence electrons. The summed E-state index contributed by atoms with van der Waals surface area (Å²) < 4.78 is 4.77. The van der Waals surface area contributed by atoms with Gasteiger partial charge in [0.1, 0.15) is 0 Å². The van der Waals surface area contributed by atoms with E-state index < -0.39 is 0 Å². The molecule has 0 aromatic carbocycles. The zero-order valence-corrected chi connectivity index (χ0v) is 8.03. The topological polar surface area (TPSA) is 26.3 Å². The summed E-state index contributed by atoms with van der Waals surface area (Å²) in [5.74, 6) is -0.221. The van der Waals surface area contributed by atoms with Crippen molar-refractivity contribution in [2.75, 3.05) is 6.61 Å². The molecule has 0 radical (unpaired) electrons. The van der Waals surface area contributed by atoms with Crippen molar-refractivity contribution in [2.45, 2.75) is 38.0 Å². The van der Waals surface area contributed by atoms with Gasteiger partial charge in [-0.3, -0.25) is 0 Å². The van der Waals surface area contributed by atoms with Crippen molar-refractivity contribution in [2.24, 2.45) is 0 Å². The predicted molar refractivity (Wildman–Crippen MR) is 39.9 cm³/mol. The van der Waals surface area contributed by atoms with Gasteiger partial charge in [0.15, 0.2) is 0 Å². The first kappa shape index (κ1) is 11.0. The Kier molecular flexibility index (Phi) is 6.64. The van der Waals surface area contributed by atoms with Crippen LogP contribution in [0.4, 0.5) is 0 Å². The Morgan fingerprint density at radius 2 is 2.18 bits per heavy atom. The van der Waals surface area contributed by atoms with Gasteiger partial charge in [0.2, 0.25) is 0 Å². The van der Waals surface area contributed by atoms with Crippen LogP contribution in [-0.2, 0) is 25.0 Å². The molecule has 1 unspecified atom stereocenters. The molecule has 0 saturated carbocycles. The van der Waals surface area contributed by atoms with Crippen LogP contribution in [0.3, 0.4) is 0 Å². The van der Waals surface area contributed by atoms with Gasteiger partial charge in [-0.2, -0.15) is 0 Å². The standard InChI is InChI=1S/C8H15O2.Ni/c1-3-5-6-7-8(9)10-4-2;/h7H,3-6H2,1-2H3;. The number of hydrogen-bond donors (Lipinski definition) is 0. The predicted octanol–water partition coefficient (Wildman–Crippen LogP) is 2.08. The van der Waals surface area contributed by atoms with E-state index in [9.17, 15) is 4.79 Å². The van der Waals surface area contributed by atoms with Crippen molar-refractivity contribution in [3.8, 4) is 0 Å². The van der Waals surface area contributed by atoms with Crippen LogP contribution >= 0.6 is 0 Å². The van der Waals surface area contributed by atoms with Crippen molar-refractivity contribution in [1.82, 2.24) is 0 Å². The summed E-state index contributed by atoms with van der Waals surface area (Å²) in [4.78, 5) is 10.6. The van der Waals surface area contributed by atoms with Gasteiger partial charge in [0.05, 0.1) is 0 Å². The van der Waals surface area contributed by atoms with Gasteiger partial charge in [-0.05, 0) is 0 Å². The Labute approximate surface area is 76.1 Å². The zero-order chi connectivity index (χ0) is 8.69. The van der Waals surface area contributed by atoms with Crippen LogP contribution in [0, 0.1) is 0 Å². The molecule has 11 heavy (non-hydrogen) atoms. The van der Waals surface area contributed by atoms with E-state index in [-0.39, 0.29) is 10.9 Å². The number of ether oxygens (including phenoxy) is 1. The number of carbonyl (C=O) groups excluding carboxylic acids is 1. The summed E-state index contributed by atoms with van der Waals surface area (Å²) in [5, 5.41) is 0. The third kappa shape index (κ3) is 5.26. The van der Waals surface area contributed by atoms with E-state index in [0.29, 0.717) is 6.61 Å². The van der Waals surface area contributed by atoms with Gasteiger partial charge in [-0.1, -0.05) is 0 Å². The second kappa shape index (κ2) is 6.66. The second-order valence-corrected chi connectivity index (χ2v) is 3.01. The molecule has 0 saturated heterocycles. The molecule has 0 aliphatic heterocycles. The summed E-state index contributed by atoms with van der Waals surface area (Å²) >= 11 is 4.62. The van der Waals surface area contributed by atoms with Crippen molar-refractivity contribution >= 4 is 5.97 Å². The maximum atomic E-state index is 10.9.